The molecule has 1 N–H and O–H groups in total. The van der Waals surface area contributed by atoms with Crippen molar-refractivity contribution in [1.29, 1.82) is 0 Å². The second kappa shape index (κ2) is 9.85. The predicted molar refractivity (Wildman–Crippen MR) is 82.9 cm³/mol. The molecule has 1 aromatic rings. The van der Waals surface area contributed by atoms with E-state index >= 15 is 0 Å². The van der Waals surface area contributed by atoms with Crippen molar-refractivity contribution in [2.45, 2.75) is 58.9 Å². The van der Waals surface area contributed by atoms with E-state index < -0.39 is 0 Å². The van der Waals surface area contributed by atoms with Crippen LogP contribution in [0.3, 0.4) is 0 Å². The van der Waals surface area contributed by atoms with Gasteiger partial charge in [-0.15, -0.1) is 0 Å². The van der Waals surface area contributed by atoms with Crippen molar-refractivity contribution in [3.8, 4) is 5.75 Å². The van der Waals surface area contributed by atoms with Crippen molar-refractivity contribution in [3.63, 3.8) is 0 Å². The first-order valence-corrected chi connectivity index (χ1v) is 7.75. The van der Waals surface area contributed by atoms with Gasteiger partial charge >= 0.3 is 0 Å². The summed E-state index contributed by atoms with van der Waals surface area (Å²) in [5.41, 5.74) is 1.40. The van der Waals surface area contributed by atoms with Gasteiger partial charge in [-0.2, -0.15) is 0 Å². The summed E-state index contributed by atoms with van der Waals surface area (Å²) in [5.74, 6) is 0.997. The van der Waals surface area contributed by atoms with Crippen LogP contribution >= 0.6 is 0 Å². The Morgan fingerprint density at radius 2 is 1.84 bits per heavy atom. The average Bonchev–Trinajstić information content (AvgIpc) is 2.44. The largest absolute Gasteiger partial charge is 0.494 e. The molecule has 0 saturated heterocycles. The van der Waals surface area contributed by atoms with E-state index in [4.69, 9.17) is 4.74 Å². The van der Waals surface area contributed by atoms with Crippen molar-refractivity contribution in [2.75, 3.05) is 13.2 Å². The van der Waals surface area contributed by atoms with E-state index in [1.165, 1.54) is 24.8 Å². The number of hydrogen-bond acceptors (Lipinski definition) is 2. The molecule has 19 heavy (non-hydrogen) atoms. The van der Waals surface area contributed by atoms with Crippen LogP contribution in [0.25, 0.3) is 0 Å². The molecule has 0 heterocycles. The lowest BCUT2D eigenvalue weighted by molar-refractivity contribution is 0.295. The van der Waals surface area contributed by atoms with Crippen LogP contribution in [0.2, 0.25) is 0 Å². The first kappa shape index (κ1) is 16.0. The van der Waals surface area contributed by atoms with Gasteiger partial charge in [0.25, 0.3) is 0 Å². The van der Waals surface area contributed by atoms with E-state index in [1.807, 2.05) is 0 Å². The Balaban J connectivity index is 2.21. The molecule has 0 radical (unpaired) electrons. The summed E-state index contributed by atoms with van der Waals surface area (Å²) >= 11 is 0. The van der Waals surface area contributed by atoms with E-state index in [2.05, 4.69) is 50.4 Å². The Morgan fingerprint density at radius 3 is 2.42 bits per heavy atom. The van der Waals surface area contributed by atoms with Crippen LogP contribution in [0.1, 0.15) is 52.0 Å². The summed E-state index contributed by atoms with van der Waals surface area (Å²) in [4.78, 5) is 0. The van der Waals surface area contributed by atoms with E-state index in [9.17, 15) is 0 Å². The highest BCUT2D eigenvalue weighted by Crippen LogP contribution is 2.14. The highest BCUT2D eigenvalue weighted by molar-refractivity contribution is 5.27. The van der Waals surface area contributed by atoms with E-state index in [-0.39, 0.29) is 0 Å². The summed E-state index contributed by atoms with van der Waals surface area (Å²) in [5, 5.41) is 3.50. The molecule has 2 nitrogen and oxygen atoms in total. The minimum absolute atomic E-state index is 0.639. The van der Waals surface area contributed by atoms with Crippen molar-refractivity contribution < 1.29 is 4.74 Å². The lowest BCUT2D eigenvalue weighted by Crippen LogP contribution is -2.28. The van der Waals surface area contributed by atoms with Crippen molar-refractivity contribution in [1.82, 2.24) is 5.32 Å². The van der Waals surface area contributed by atoms with Gasteiger partial charge in [0.05, 0.1) is 6.61 Å². The third kappa shape index (κ3) is 6.63. The second-order valence-electron chi connectivity index (χ2n) is 5.05. The fraction of sp³-hybridized carbons (Fsp3) is 0.647. The normalized spacial score (nSPS) is 12.4. The molecule has 1 atom stereocenters. The van der Waals surface area contributed by atoms with Gasteiger partial charge in [-0.1, -0.05) is 39.3 Å². The second-order valence-corrected chi connectivity index (χ2v) is 5.05. The maximum Gasteiger partial charge on any atom is 0.119 e. The molecule has 0 bridgehead atoms. The number of nitrogens with one attached hydrogen (secondary N) is 1. The molecule has 0 spiro atoms. The first-order chi connectivity index (χ1) is 9.30. The number of benzene rings is 1. The lowest BCUT2D eigenvalue weighted by atomic mass is 10.1. The van der Waals surface area contributed by atoms with Crippen molar-refractivity contribution in [3.05, 3.63) is 29.8 Å². The van der Waals surface area contributed by atoms with Gasteiger partial charge in [0.2, 0.25) is 0 Å². The summed E-state index contributed by atoms with van der Waals surface area (Å²) < 4.78 is 5.78. The zero-order chi connectivity index (χ0) is 13.9. The van der Waals surface area contributed by atoms with Crippen LogP contribution in [0.4, 0.5) is 0 Å². The lowest BCUT2D eigenvalue weighted by Gasteiger charge is -2.15. The van der Waals surface area contributed by atoms with Crippen LogP contribution in [0.5, 0.6) is 5.75 Å². The standard InChI is InChI=1S/C17H29NO/c1-4-8-15-10-12-17(13-11-15)19-14-7-9-16(5-2)18-6-3/h10-13,16,18H,4-9,14H2,1-3H3. The Morgan fingerprint density at radius 1 is 1.11 bits per heavy atom. The third-order valence-electron chi connectivity index (χ3n) is 3.41. The Hall–Kier alpha value is -1.02. The zero-order valence-corrected chi connectivity index (χ0v) is 12.7. The molecule has 0 aromatic heterocycles. The third-order valence-corrected chi connectivity index (χ3v) is 3.41. The highest BCUT2D eigenvalue weighted by Gasteiger charge is 2.03. The van der Waals surface area contributed by atoms with Gasteiger partial charge in [-0.3, -0.25) is 0 Å². The summed E-state index contributed by atoms with van der Waals surface area (Å²) in [6.07, 6.45) is 5.85. The molecule has 2 heteroatoms. The number of rotatable bonds is 10. The molecule has 108 valence electrons. The monoisotopic (exact) mass is 263 g/mol. The number of aryl methyl sites for hydroxylation is 1. The van der Waals surface area contributed by atoms with E-state index in [1.54, 1.807) is 0 Å². The Labute approximate surface area is 118 Å². The van der Waals surface area contributed by atoms with E-state index in [0.717, 1.165) is 31.7 Å². The van der Waals surface area contributed by atoms with Gasteiger partial charge in [-0.25, -0.2) is 0 Å². The average molecular weight is 263 g/mol. The molecule has 1 unspecified atom stereocenters. The molecule has 0 aliphatic rings. The minimum atomic E-state index is 0.639. The maximum absolute atomic E-state index is 5.78. The predicted octanol–water partition coefficient (Wildman–Crippen LogP) is 4.19. The molecule has 0 saturated carbocycles. The van der Waals surface area contributed by atoms with Gasteiger partial charge < -0.3 is 10.1 Å². The zero-order valence-electron chi connectivity index (χ0n) is 12.7. The summed E-state index contributed by atoms with van der Waals surface area (Å²) in [6.45, 7) is 8.48. The van der Waals surface area contributed by atoms with Gasteiger partial charge in [0.1, 0.15) is 5.75 Å². The van der Waals surface area contributed by atoms with Crippen LogP contribution < -0.4 is 10.1 Å². The number of hydrogen-bond donors (Lipinski definition) is 1. The fourth-order valence-electron chi connectivity index (χ4n) is 2.30. The first-order valence-electron chi connectivity index (χ1n) is 7.75. The summed E-state index contributed by atoms with van der Waals surface area (Å²) in [7, 11) is 0. The molecule has 1 aromatic carbocycles. The SMILES string of the molecule is CCCc1ccc(OCCCC(CC)NCC)cc1. The quantitative estimate of drug-likeness (QED) is 0.639. The molecule has 0 aliphatic carbocycles. The smallest absolute Gasteiger partial charge is 0.119 e. The van der Waals surface area contributed by atoms with Crippen LogP contribution in [-0.2, 0) is 6.42 Å². The summed E-state index contributed by atoms with van der Waals surface area (Å²) in [6, 6.07) is 9.16. The van der Waals surface area contributed by atoms with Crippen molar-refractivity contribution >= 4 is 0 Å². The molecule has 1 rings (SSSR count). The molecule has 0 aliphatic heterocycles. The molecular weight excluding hydrogens is 234 g/mol. The topological polar surface area (TPSA) is 21.3 Å². The Bertz CT molecular complexity index is 321. The van der Waals surface area contributed by atoms with E-state index in [0.29, 0.717) is 6.04 Å². The molecule has 0 fully saturated rings. The fourth-order valence-corrected chi connectivity index (χ4v) is 2.30. The number of ether oxygens (including phenoxy) is 1. The molecular formula is C17H29NO. The van der Waals surface area contributed by atoms with Gasteiger partial charge in [0, 0.05) is 6.04 Å². The highest BCUT2D eigenvalue weighted by atomic mass is 16.5. The maximum atomic E-state index is 5.78. The van der Waals surface area contributed by atoms with Crippen LogP contribution in [0.15, 0.2) is 24.3 Å². The van der Waals surface area contributed by atoms with Crippen LogP contribution in [0, 0.1) is 0 Å². The van der Waals surface area contributed by atoms with Gasteiger partial charge in [-0.05, 0) is 49.9 Å². The van der Waals surface area contributed by atoms with Crippen molar-refractivity contribution in [2.24, 2.45) is 0 Å². The van der Waals surface area contributed by atoms with Crippen LogP contribution in [-0.4, -0.2) is 19.2 Å². The Kier molecular flexibility index (Phi) is 8.31. The van der Waals surface area contributed by atoms with Gasteiger partial charge in [0.15, 0.2) is 0 Å². The minimum Gasteiger partial charge on any atom is -0.494 e. The molecule has 0 amide bonds.